The highest BCUT2D eigenvalue weighted by Crippen LogP contribution is 1.94. The zero-order chi connectivity index (χ0) is 17.3. The maximum atomic E-state index is 11.9. The Balaban J connectivity index is 4.70. The fourth-order valence-corrected chi connectivity index (χ4v) is 1.55. The number of carboxylic acid groups (broad SMARTS) is 1. The largest absolute Gasteiger partial charge is 0.480 e. The summed E-state index contributed by atoms with van der Waals surface area (Å²) in [5.74, 6) is -3.56. The Kier molecular flexibility index (Phi) is 9.13. The van der Waals surface area contributed by atoms with E-state index in [0.717, 1.165) is 0 Å². The lowest BCUT2D eigenvalue weighted by molar-refractivity contribution is -0.141. The highest BCUT2D eigenvalue weighted by atomic mass is 32.1. The smallest absolute Gasteiger partial charge is 0.325 e. The van der Waals surface area contributed by atoms with Gasteiger partial charge in [-0.1, -0.05) is 0 Å². The van der Waals surface area contributed by atoms with E-state index in [4.69, 9.17) is 15.9 Å². The predicted molar refractivity (Wildman–Crippen MR) is 79.1 cm³/mol. The molecule has 0 aliphatic rings. The molecule has 0 spiro atoms. The van der Waals surface area contributed by atoms with Crippen LogP contribution in [0.4, 0.5) is 0 Å². The molecule has 0 saturated carbocycles. The SMILES string of the molecule is CC(NC(=O)C(CS)NC(=O)C(CO)NC(=O)CN)C(=O)O. The Morgan fingerprint density at radius 3 is 2.05 bits per heavy atom. The van der Waals surface area contributed by atoms with Crippen LogP contribution in [-0.2, 0) is 19.2 Å². The number of rotatable bonds is 9. The molecule has 0 aromatic heterocycles. The second-order valence-electron chi connectivity index (χ2n) is 4.32. The van der Waals surface area contributed by atoms with E-state index in [9.17, 15) is 19.2 Å². The predicted octanol–water partition coefficient (Wildman–Crippen LogP) is -3.57. The van der Waals surface area contributed by atoms with Crippen LogP contribution in [-0.4, -0.2) is 70.9 Å². The summed E-state index contributed by atoms with van der Waals surface area (Å²) in [6, 6.07) is -3.54. The summed E-state index contributed by atoms with van der Waals surface area (Å²) in [5.41, 5.74) is 5.08. The second kappa shape index (κ2) is 9.97. The average molecular weight is 336 g/mol. The molecule has 0 aromatic rings. The van der Waals surface area contributed by atoms with Gasteiger partial charge in [-0.15, -0.1) is 0 Å². The number of carboxylic acids is 1. The van der Waals surface area contributed by atoms with Gasteiger partial charge in [-0.25, -0.2) is 0 Å². The van der Waals surface area contributed by atoms with E-state index in [1.165, 1.54) is 6.92 Å². The van der Waals surface area contributed by atoms with Crippen LogP contribution in [0.15, 0.2) is 0 Å². The van der Waals surface area contributed by atoms with Crippen molar-refractivity contribution >= 4 is 36.3 Å². The Morgan fingerprint density at radius 1 is 1.09 bits per heavy atom. The Morgan fingerprint density at radius 2 is 1.64 bits per heavy atom. The number of aliphatic hydroxyl groups excluding tert-OH is 1. The lowest BCUT2D eigenvalue weighted by Gasteiger charge is -2.21. The molecule has 3 atom stereocenters. The summed E-state index contributed by atoms with van der Waals surface area (Å²) in [6.45, 7) is 0.204. The van der Waals surface area contributed by atoms with Gasteiger partial charge in [-0.2, -0.15) is 12.6 Å². The number of nitrogens with one attached hydrogen (secondary N) is 3. The normalized spacial score (nSPS) is 14.4. The molecular formula is C11H20N4O6S. The number of carbonyl (C=O) groups is 4. The van der Waals surface area contributed by atoms with Gasteiger partial charge in [0, 0.05) is 5.75 Å². The van der Waals surface area contributed by atoms with Crippen LogP contribution in [0.5, 0.6) is 0 Å². The Hall–Kier alpha value is -1.85. The molecule has 0 fully saturated rings. The molecule has 0 aliphatic heterocycles. The summed E-state index contributed by atoms with van der Waals surface area (Å²) >= 11 is 3.90. The van der Waals surface area contributed by atoms with Gasteiger partial charge in [0.05, 0.1) is 13.2 Å². The Bertz CT molecular complexity index is 433. The summed E-state index contributed by atoms with van der Waals surface area (Å²) in [4.78, 5) is 45.4. The number of aliphatic carboxylic acids is 1. The monoisotopic (exact) mass is 336 g/mol. The third-order valence-corrected chi connectivity index (χ3v) is 2.93. The molecule has 126 valence electrons. The molecule has 7 N–H and O–H groups in total. The van der Waals surface area contributed by atoms with E-state index in [0.29, 0.717) is 0 Å². The molecule has 10 nitrogen and oxygen atoms in total. The van der Waals surface area contributed by atoms with Crippen molar-refractivity contribution in [2.75, 3.05) is 18.9 Å². The first-order valence-corrected chi connectivity index (χ1v) is 6.94. The summed E-state index contributed by atoms with van der Waals surface area (Å²) < 4.78 is 0. The maximum Gasteiger partial charge on any atom is 0.325 e. The minimum Gasteiger partial charge on any atom is -0.480 e. The molecule has 0 saturated heterocycles. The number of carbonyl (C=O) groups excluding carboxylic acids is 3. The van der Waals surface area contributed by atoms with Gasteiger partial charge in [-0.05, 0) is 6.92 Å². The molecule has 0 rings (SSSR count). The highest BCUT2D eigenvalue weighted by Gasteiger charge is 2.26. The number of thiol groups is 1. The van der Waals surface area contributed by atoms with Crippen molar-refractivity contribution in [3.8, 4) is 0 Å². The first-order chi connectivity index (χ1) is 10.3. The molecule has 0 aromatic carbocycles. The highest BCUT2D eigenvalue weighted by molar-refractivity contribution is 7.80. The van der Waals surface area contributed by atoms with Crippen molar-refractivity contribution in [3.63, 3.8) is 0 Å². The maximum absolute atomic E-state index is 11.9. The van der Waals surface area contributed by atoms with Crippen LogP contribution >= 0.6 is 12.6 Å². The van der Waals surface area contributed by atoms with Crippen molar-refractivity contribution in [2.45, 2.75) is 25.0 Å². The third kappa shape index (κ3) is 6.74. The van der Waals surface area contributed by atoms with Crippen LogP contribution in [0.2, 0.25) is 0 Å². The summed E-state index contributed by atoms with van der Waals surface area (Å²) in [5, 5.41) is 24.4. The van der Waals surface area contributed by atoms with E-state index in [-0.39, 0.29) is 12.3 Å². The first-order valence-electron chi connectivity index (χ1n) is 6.31. The second-order valence-corrected chi connectivity index (χ2v) is 4.68. The standard InChI is InChI=1S/C11H20N4O6S/c1-5(11(20)21)13-10(19)7(4-22)15-9(18)6(3-16)14-8(17)2-12/h5-7,16,22H,2-4,12H2,1H3,(H,13,19)(H,14,17)(H,15,18)(H,20,21). The van der Waals surface area contributed by atoms with Gasteiger partial charge >= 0.3 is 5.97 Å². The molecule has 11 heteroatoms. The fourth-order valence-electron chi connectivity index (χ4n) is 1.29. The zero-order valence-electron chi connectivity index (χ0n) is 11.9. The van der Waals surface area contributed by atoms with Crippen LogP contribution < -0.4 is 21.7 Å². The van der Waals surface area contributed by atoms with Gasteiger partial charge < -0.3 is 31.9 Å². The minimum atomic E-state index is -1.27. The summed E-state index contributed by atoms with van der Waals surface area (Å²) in [6.07, 6.45) is 0. The third-order valence-electron chi connectivity index (χ3n) is 2.56. The lowest BCUT2D eigenvalue weighted by Crippen LogP contribution is -2.57. The molecule has 0 bridgehead atoms. The fraction of sp³-hybridized carbons (Fsp3) is 0.636. The number of nitrogens with two attached hydrogens (primary N) is 1. The minimum absolute atomic E-state index is 0.104. The molecule has 0 aliphatic carbocycles. The van der Waals surface area contributed by atoms with Gasteiger partial charge in [0.15, 0.2) is 0 Å². The van der Waals surface area contributed by atoms with Gasteiger partial charge in [-0.3, -0.25) is 19.2 Å². The van der Waals surface area contributed by atoms with Gasteiger partial charge in [0.1, 0.15) is 18.1 Å². The van der Waals surface area contributed by atoms with Gasteiger partial charge in [0.2, 0.25) is 17.7 Å². The molecular weight excluding hydrogens is 316 g/mol. The molecule has 0 heterocycles. The van der Waals surface area contributed by atoms with Crippen LogP contribution in [0.3, 0.4) is 0 Å². The topological polar surface area (TPSA) is 171 Å². The zero-order valence-corrected chi connectivity index (χ0v) is 12.8. The Labute approximate surface area is 132 Å². The molecule has 22 heavy (non-hydrogen) atoms. The van der Waals surface area contributed by atoms with E-state index in [1.54, 1.807) is 0 Å². The van der Waals surface area contributed by atoms with E-state index in [1.807, 2.05) is 0 Å². The summed E-state index contributed by atoms with van der Waals surface area (Å²) in [7, 11) is 0. The van der Waals surface area contributed by atoms with Crippen molar-refractivity contribution in [1.29, 1.82) is 0 Å². The molecule has 3 unspecified atom stereocenters. The van der Waals surface area contributed by atoms with E-state index < -0.39 is 48.4 Å². The number of amides is 3. The molecule has 3 amide bonds. The average Bonchev–Trinajstić information content (AvgIpc) is 2.48. The lowest BCUT2D eigenvalue weighted by atomic mass is 10.2. The van der Waals surface area contributed by atoms with Crippen molar-refractivity contribution in [3.05, 3.63) is 0 Å². The van der Waals surface area contributed by atoms with Crippen molar-refractivity contribution < 1.29 is 29.4 Å². The van der Waals surface area contributed by atoms with Crippen molar-refractivity contribution in [1.82, 2.24) is 16.0 Å². The number of hydrogen-bond donors (Lipinski definition) is 7. The van der Waals surface area contributed by atoms with Crippen molar-refractivity contribution in [2.24, 2.45) is 5.73 Å². The van der Waals surface area contributed by atoms with Crippen LogP contribution in [0.1, 0.15) is 6.92 Å². The van der Waals surface area contributed by atoms with Crippen LogP contribution in [0.25, 0.3) is 0 Å². The quantitative estimate of drug-likeness (QED) is 0.213. The number of aliphatic hydroxyl groups is 1. The molecule has 0 radical (unpaired) electrons. The van der Waals surface area contributed by atoms with E-state index in [2.05, 4.69) is 28.6 Å². The van der Waals surface area contributed by atoms with Gasteiger partial charge in [0.25, 0.3) is 0 Å². The van der Waals surface area contributed by atoms with E-state index >= 15 is 0 Å². The number of hydrogen-bond acceptors (Lipinski definition) is 7. The van der Waals surface area contributed by atoms with Crippen LogP contribution in [0, 0.1) is 0 Å². The first kappa shape index (κ1) is 20.1.